The van der Waals surface area contributed by atoms with E-state index in [9.17, 15) is 9.59 Å². The second kappa shape index (κ2) is 5.97. The summed E-state index contributed by atoms with van der Waals surface area (Å²) in [5, 5.41) is 11.9. The summed E-state index contributed by atoms with van der Waals surface area (Å²) in [4.78, 5) is 23.8. The molecule has 1 heterocycles. The van der Waals surface area contributed by atoms with E-state index < -0.39 is 17.7 Å². The molecule has 0 saturated carbocycles. The Hall–Kier alpha value is -1.69. The lowest BCUT2D eigenvalue weighted by Gasteiger charge is -2.28. The van der Waals surface area contributed by atoms with E-state index in [0.717, 1.165) is 22.6 Å². The van der Waals surface area contributed by atoms with E-state index in [1.54, 1.807) is 30.0 Å². The molecule has 1 amide bonds. The number of ether oxygens (including phenoxy) is 1. The van der Waals surface area contributed by atoms with Crippen LogP contribution >= 0.6 is 11.8 Å². The Bertz CT molecular complexity index is 565. The van der Waals surface area contributed by atoms with Crippen molar-refractivity contribution in [2.45, 2.75) is 43.7 Å². The zero-order valence-electron chi connectivity index (χ0n) is 12.3. The van der Waals surface area contributed by atoms with Gasteiger partial charge < -0.3 is 15.2 Å². The summed E-state index contributed by atoms with van der Waals surface area (Å²) in [6.45, 7) is 5.45. The first kappa shape index (κ1) is 15.7. The summed E-state index contributed by atoms with van der Waals surface area (Å²) in [5.41, 5.74) is 0.671. The topological polar surface area (TPSA) is 75.6 Å². The summed E-state index contributed by atoms with van der Waals surface area (Å²) in [6, 6.07) is 4.86. The van der Waals surface area contributed by atoms with Crippen LogP contribution in [0.5, 0.6) is 0 Å². The van der Waals surface area contributed by atoms with Crippen LogP contribution in [-0.2, 0) is 4.74 Å². The van der Waals surface area contributed by atoms with E-state index in [0.29, 0.717) is 0 Å². The van der Waals surface area contributed by atoms with Gasteiger partial charge in [0.1, 0.15) is 5.60 Å². The molecule has 114 valence electrons. The fourth-order valence-electron chi connectivity index (χ4n) is 2.12. The molecule has 1 aliphatic rings. The molecule has 2 N–H and O–H groups in total. The Kier molecular flexibility index (Phi) is 4.46. The highest BCUT2D eigenvalue weighted by Gasteiger charge is 2.25. The number of hydrogen-bond donors (Lipinski definition) is 2. The number of nitrogens with one attached hydrogen (secondary N) is 1. The number of aromatic carboxylic acids is 1. The maximum Gasteiger partial charge on any atom is 0.408 e. The first-order valence-electron chi connectivity index (χ1n) is 6.76. The molecule has 1 aromatic rings. The van der Waals surface area contributed by atoms with Crippen LogP contribution in [0.4, 0.5) is 4.79 Å². The van der Waals surface area contributed by atoms with E-state index in [4.69, 9.17) is 9.84 Å². The summed E-state index contributed by atoms with van der Waals surface area (Å²) in [6.07, 6.45) is 0.344. The van der Waals surface area contributed by atoms with Crippen molar-refractivity contribution in [1.82, 2.24) is 5.32 Å². The minimum Gasteiger partial charge on any atom is -0.478 e. The molecule has 21 heavy (non-hydrogen) atoms. The fourth-order valence-corrected chi connectivity index (χ4v) is 3.28. The van der Waals surface area contributed by atoms with Crippen LogP contribution in [0.3, 0.4) is 0 Å². The number of benzene rings is 1. The molecule has 6 heteroatoms. The number of rotatable bonds is 2. The minimum atomic E-state index is -0.944. The molecule has 1 atom stereocenters. The van der Waals surface area contributed by atoms with Gasteiger partial charge in [-0.25, -0.2) is 9.59 Å². The maximum atomic E-state index is 11.9. The lowest BCUT2D eigenvalue weighted by Crippen LogP contribution is -2.36. The van der Waals surface area contributed by atoms with E-state index in [1.165, 1.54) is 0 Å². The summed E-state index contributed by atoms with van der Waals surface area (Å²) in [7, 11) is 0. The number of alkyl carbamates (subject to hydrolysis) is 1. The van der Waals surface area contributed by atoms with Crippen molar-refractivity contribution in [2.24, 2.45) is 0 Å². The molecule has 1 aromatic carbocycles. The predicted molar refractivity (Wildman–Crippen MR) is 80.9 cm³/mol. The lowest BCUT2D eigenvalue weighted by atomic mass is 10.0. The molecule has 0 unspecified atom stereocenters. The Morgan fingerprint density at radius 2 is 2.10 bits per heavy atom. The van der Waals surface area contributed by atoms with Crippen LogP contribution in [0.15, 0.2) is 23.1 Å². The van der Waals surface area contributed by atoms with Crippen LogP contribution in [0.1, 0.15) is 49.2 Å². The summed E-state index contributed by atoms with van der Waals surface area (Å²) >= 11 is 1.61. The zero-order chi connectivity index (χ0) is 15.6. The Balaban J connectivity index is 2.15. The highest BCUT2D eigenvalue weighted by atomic mass is 32.2. The number of carboxylic acid groups (broad SMARTS) is 1. The highest BCUT2D eigenvalue weighted by molar-refractivity contribution is 7.99. The van der Waals surface area contributed by atoms with E-state index >= 15 is 0 Å². The third kappa shape index (κ3) is 4.14. The van der Waals surface area contributed by atoms with Crippen LogP contribution < -0.4 is 5.32 Å². The fraction of sp³-hybridized carbons (Fsp3) is 0.467. The van der Waals surface area contributed by atoms with Gasteiger partial charge in [0, 0.05) is 10.6 Å². The van der Waals surface area contributed by atoms with Crippen molar-refractivity contribution in [1.29, 1.82) is 0 Å². The van der Waals surface area contributed by atoms with Crippen LogP contribution in [0.2, 0.25) is 0 Å². The molecule has 0 saturated heterocycles. The molecule has 1 aliphatic heterocycles. The van der Waals surface area contributed by atoms with Gasteiger partial charge in [0.25, 0.3) is 0 Å². The van der Waals surface area contributed by atoms with Gasteiger partial charge in [0.2, 0.25) is 0 Å². The molecule has 2 rings (SSSR count). The Morgan fingerprint density at radius 3 is 2.71 bits per heavy atom. The molecule has 0 aromatic heterocycles. The first-order valence-corrected chi connectivity index (χ1v) is 7.74. The first-order chi connectivity index (χ1) is 9.76. The number of amides is 1. The van der Waals surface area contributed by atoms with Gasteiger partial charge in [0.05, 0.1) is 11.6 Å². The minimum absolute atomic E-state index is 0.140. The smallest absolute Gasteiger partial charge is 0.408 e. The van der Waals surface area contributed by atoms with Crippen molar-refractivity contribution >= 4 is 23.8 Å². The third-order valence-electron chi connectivity index (χ3n) is 2.99. The highest BCUT2D eigenvalue weighted by Crippen LogP contribution is 2.36. The molecular formula is C15H19NO4S. The molecule has 0 spiro atoms. The van der Waals surface area contributed by atoms with Gasteiger partial charge in [-0.2, -0.15) is 0 Å². The largest absolute Gasteiger partial charge is 0.478 e. The molecule has 0 aliphatic carbocycles. The van der Waals surface area contributed by atoms with Gasteiger partial charge in [0.15, 0.2) is 0 Å². The van der Waals surface area contributed by atoms with Crippen LogP contribution in [-0.4, -0.2) is 28.5 Å². The second-order valence-electron chi connectivity index (χ2n) is 5.89. The number of fused-ring (bicyclic) bond motifs is 1. The molecule has 0 fully saturated rings. The van der Waals surface area contributed by atoms with Gasteiger partial charge in [-0.15, -0.1) is 11.8 Å². The summed E-state index contributed by atoms with van der Waals surface area (Å²) < 4.78 is 5.27. The van der Waals surface area contributed by atoms with Crippen molar-refractivity contribution in [3.8, 4) is 0 Å². The molecule has 5 nitrogen and oxygen atoms in total. The lowest BCUT2D eigenvalue weighted by molar-refractivity contribution is 0.0500. The van der Waals surface area contributed by atoms with Gasteiger partial charge in [-0.1, -0.05) is 6.07 Å². The quantitative estimate of drug-likeness (QED) is 0.875. The monoisotopic (exact) mass is 309 g/mol. The van der Waals surface area contributed by atoms with Crippen molar-refractivity contribution < 1.29 is 19.4 Å². The average molecular weight is 309 g/mol. The number of thioether (sulfide) groups is 1. The normalized spacial score (nSPS) is 17.8. The standard InChI is InChI=1S/C15H19NO4S/c1-15(2,3)20-14(19)16-11-6-7-21-12-8-9(13(17)18)4-5-10(11)12/h4-5,8,11H,6-7H2,1-3H3,(H,16,19)(H,17,18)/t11-/m0/s1. The van der Waals surface area contributed by atoms with Crippen LogP contribution in [0.25, 0.3) is 0 Å². The van der Waals surface area contributed by atoms with Gasteiger partial charge >= 0.3 is 12.1 Å². The third-order valence-corrected chi connectivity index (χ3v) is 4.10. The van der Waals surface area contributed by atoms with E-state index in [-0.39, 0.29) is 11.6 Å². The number of carboxylic acids is 1. The van der Waals surface area contributed by atoms with Gasteiger partial charge in [-0.3, -0.25) is 0 Å². The molecule has 0 bridgehead atoms. The van der Waals surface area contributed by atoms with Crippen molar-refractivity contribution in [2.75, 3.05) is 5.75 Å². The van der Waals surface area contributed by atoms with Crippen LogP contribution in [0, 0.1) is 0 Å². The molecular weight excluding hydrogens is 290 g/mol. The second-order valence-corrected chi connectivity index (χ2v) is 7.03. The predicted octanol–water partition coefficient (Wildman–Crippen LogP) is 3.45. The summed E-state index contributed by atoms with van der Waals surface area (Å²) in [5.74, 6) is -0.114. The number of carbonyl (C=O) groups excluding carboxylic acids is 1. The number of carbonyl (C=O) groups is 2. The zero-order valence-corrected chi connectivity index (χ0v) is 13.1. The average Bonchev–Trinajstić information content (AvgIpc) is 2.36. The molecule has 0 radical (unpaired) electrons. The maximum absolute atomic E-state index is 11.9. The van der Waals surface area contributed by atoms with Crippen molar-refractivity contribution in [3.63, 3.8) is 0 Å². The Labute approximate surface area is 128 Å². The van der Waals surface area contributed by atoms with Gasteiger partial charge in [-0.05, 0) is 44.9 Å². The SMILES string of the molecule is CC(C)(C)OC(=O)N[C@H]1CCSc2cc(C(=O)O)ccc21. The Morgan fingerprint density at radius 1 is 1.38 bits per heavy atom. The van der Waals surface area contributed by atoms with E-state index in [2.05, 4.69) is 5.32 Å². The van der Waals surface area contributed by atoms with E-state index in [1.807, 2.05) is 20.8 Å². The number of hydrogen-bond acceptors (Lipinski definition) is 4. The van der Waals surface area contributed by atoms with Crippen molar-refractivity contribution in [3.05, 3.63) is 29.3 Å².